The summed E-state index contributed by atoms with van der Waals surface area (Å²) in [4.78, 5) is 19.9. The zero-order chi connectivity index (χ0) is 25.6. The summed E-state index contributed by atoms with van der Waals surface area (Å²) >= 11 is 6.22. The van der Waals surface area contributed by atoms with E-state index < -0.39 is 0 Å². The Morgan fingerprint density at radius 1 is 1.11 bits per heavy atom. The number of anilines is 1. The third kappa shape index (κ3) is 6.28. The van der Waals surface area contributed by atoms with Gasteiger partial charge in [0, 0.05) is 17.1 Å². The minimum atomic E-state index is -0.193. The highest BCUT2D eigenvalue weighted by Gasteiger charge is 2.27. The lowest BCUT2D eigenvalue weighted by Gasteiger charge is -2.31. The van der Waals surface area contributed by atoms with Crippen molar-refractivity contribution in [3.8, 4) is 28.6 Å². The van der Waals surface area contributed by atoms with Gasteiger partial charge in [-0.2, -0.15) is 4.98 Å². The normalized spacial score (nSPS) is 15.8. The first kappa shape index (κ1) is 24.8. The van der Waals surface area contributed by atoms with Crippen LogP contribution < -0.4 is 14.8 Å². The maximum atomic E-state index is 13.2. The summed E-state index contributed by atoms with van der Waals surface area (Å²) in [5, 5.41) is 7.65. The molecular formula is C28H27ClN4O4. The number of aromatic nitrogens is 2. The summed E-state index contributed by atoms with van der Waals surface area (Å²) in [5.74, 6) is 2.75. The molecule has 2 heterocycles. The lowest BCUT2D eigenvalue weighted by molar-refractivity contribution is -0.121. The van der Waals surface area contributed by atoms with Gasteiger partial charge in [0.1, 0.15) is 11.5 Å². The Labute approximate surface area is 220 Å². The molecule has 1 unspecified atom stereocenters. The predicted molar refractivity (Wildman–Crippen MR) is 141 cm³/mol. The number of piperidine rings is 1. The molecule has 1 aliphatic rings. The summed E-state index contributed by atoms with van der Waals surface area (Å²) < 4.78 is 16.7. The maximum absolute atomic E-state index is 13.2. The maximum Gasteiger partial charge on any atom is 0.241 e. The Balaban J connectivity index is 1.22. The predicted octanol–water partition coefficient (Wildman–Crippen LogP) is 6.04. The third-order valence-electron chi connectivity index (χ3n) is 6.22. The van der Waals surface area contributed by atoms with Gasteiger partial charge in [0.2, 0.25) is 17.6 Å². The molecule has 0 aliphatic carbocycles. The molecule has 3 aromatic carbocycles. The summed E-state index contributed by atoms with van der Waals surface area (Å²) in [5.41, 5.74) is 1.39. The number of likely N-dealkylation sites (tertiary alicyclic amines) is 1. The highest BCUT2D eigenvalue weighted by molar-refractivity contribution is 6.31. The van der Waals surface area contributed by atoms with Gasteiger partial charge in [-0.1, -0.05) is 35.0 Å². The number of carbonyl (C=O) groups is 1. The minimum Gasteiger partial charge on any atom is -0.497 e. The molecule has 9 heteroatoms. The van der Waals surface area contributed by atoms with Crippen molar-refractivity contribution in [3.05, 3.63) is 83.7 Å². The number of nitrogens with one attached hydrogen (secondary N) is 1. The molecule has 1 fully saturated rings. The van der Waals surface area contributed by atoms with Gasteiger partial charge in [0.05, 0.1) is 25.3 Å². The van der Waals surface area contributed by atoms with Crippen LogP contribution in [0.1, 0.15) is 18.7 Å². The second kappa shape index (κ2) is 11.5. The van der Waals surface area contributed by atoms with E-state index in [-0.39, 0.29) is 11.8 Å². The highest BCUT2D eigenvalue weighted by atomic mass is 35.5. The quantitative estimate of drug-likeness (QED) is 0.304. The molecule has 0 spiro atoms. The number of rotatable bonds is 8. The van der Waals surface area contributed by atoms with Gasteiger partial charge in [-0.3, -0.25) is 9.69 Å². The van der Waals surface area contributed by atoms with Crippen LogP contribution >= 0.6 is 11.6 Å². The van der Waals surface area contributed by atoms with E-state index >= 15 is 0 Å². The molecule has 37 heavy (non-hydrogen) atoms. The number of halogens is 1. The SMILES string of the molecule is COc1ccc(-c2noc(CN3CCCC(C(=O)Nc4cc(Cl)ccc4Oc4ccccc4)C3)n2)cc1. The van der Waals surface area contributed by atoms with Crippen molar-refractivity contribution in [2.45, 2.75) is 19.4 Å². The van der Waals surface area contributed by atoms with Gasteiger partial charge in [-0.25, -0.2) is 0 Å². The molecule has 190 valence electrons. The van der Waals surface area contributed by atoms with Crippen LogP contribution in [0.5, 0.6) is 17.2 Å². The molecule has 1 aliphatic heterocycles. The molecule has 1 N–H and O–H groups in total. The van der Waals surface area contributed by atoms with Crippen molar-refractivity contribution in [2.75, 3.05) is 25.5 Å². The first-order valence-electron chi connectivity index (χ1n) is 12.1. The van der Waals surface area contributed by atoms with E-state index in [4.69, 9.17) is 25.6 Å². The average molecular weight is 519 g/mol. The molecule has 0 bridgehead atoms. The Kier molecular flexibility index (Phi) is 7.67. The van der Waals surface area contributed by atoms with E-state index in [1.807, 2.05) is 54.6 Å². The van der Waals surface area contributed by atoms with Gasteiger partial charge in [0.25, 0.3) is 0 Å². The van der Waals surface area contributed by atoms with Crippen LogP contribution in [0.2, 0.25) is 5.02 Å². The fourth-order valence-electron chi connectivity index (χ4n) is 4.32. The Bertz CT molecular complexity index is 1340. The van der Waals surface area contributed by atoms with E-state index in [1.165, 1.54) is 0 Å². The number of methoxy groups -OCH3 is 1. The van der Waals surface area contributed by atoms with Crippen molar-refractivity contribution >= 4 is 23.2 Å². The van der Waals surface area contributed by atoms with Crippen LogP contribution in [-0.4, -0.2) is 41.1 Å². The van der Waals surface area contributed by atoms with Crippen molar-refractivity contribution in [3.63, 3.8) is 0 Å². The van der Waals surface area contributed by atoms with Gasteiger partial charge >= 0.3 is 0 Å². The summed E-state index contributed by atoms with van der Waals surface area (Å²) in [6.45, 7) is 1.91. The number of amides is 1. The highest BCUT2D eigenvalue weighted by Crippen LogP contribution is 2.33. The molecule has 1 saturated heterocycles. The molecule has 1 aromatic heterocycles. The number of hydrogen-bond donors (Lipinski definition) is 1. The van der Waals surface area contributed by atoms with Gasteiger partial charge in [-0.05, 0) is 74.0 Å². The minimum absolute atomic E-state index is 0.0747. The van der Waals surface area contributed by atoms with Crippen molar-refractivity contribution in [2.24, 2.45) is 5.92 Å². The smallest absolute Gasteiger partial charge is 0.241 e. The number of hydrogen-bond acceptors (Lipinski definition) is 7. The lowest BCUT2D eigenvalue weighted by Crippen LogP contribution is -2.40. The van der Waals surface area contributed by atoms with Crippen molar-refractivity contribution < 1.29 is 18.8 Å². The monoisotopic (exact) mass is 518 g/mol. The Morgan fingerprint density at radius 2 is 1.92 bits per heavy atom. The van der Waals surface area contributed by atoms with Crippen LogP contribution in [-0.2, 0) is 11.3 Å². The lowest BCUT2D eigenvalue weighted by atomic mass is 9.97. The van der Waals surface area contributed by atoms with Gasteiger partial charge in [0.15, 0.2) is 5.75 Å². The molecule has 1 atom stereocenters. The Hall–Kier alpha value is -3.88. The molecule has 5 rings (SSSR count). The standard InChI is InChI=1S/C28H27ClN4O4/c1-35-22-12-9-19(10-13-22)27-31-26(37-32-27)18-33-15-5-6-20(17-33)28(34)30-24-16-21(29)11-14-25(24)36-23-7-3-2-4-8-23/h2-4,7-14,16,20H,5-6,15,17-18H2,1H3,(H,30,34). The largest absolute Gasteiger partial charge is 0.497 e. The number of carbonyl (C=O) groups excluding carboxylic acids is 1. The number of para-hydroxylation sites is 1. The topological polar surface area (TPSA) is 89.7 Å². The van der Waals surface area contributed by atoms with Gasteiger partial charge < -0.3 is 19.3 Å². The van der Waals surface area contributed by atoms with E-state index in [2.05, 4.69) is 20.4 Å². The van der Waals surface area contributed by atoms with Crippen LogP contribution in [0.15, 0.2) is 77.3 Å². The van der Waals surface area contributed by atoms with Gasteiger partial charge in [-0.15, -0.1) is 0 Å². The summed E-state index contributed by atoms with van der Waals surface area (Å²) in [6.07, 6.45) is 1.68. The molecule has 4 aromatic rings. The van der Waals surface area contributed by atoms with E-state index in [9.17, 15) is 4.79 Å². The van der Waals surface area contributed by atoms with Crippen LogP contribution in [0.3, 0.4) is 0 Å². The number of nitrogens with zero attached hydrogens (tertiary/aromatic N) is 3. The Morgan fingerprint density at radius 3 is 2.70 bits per heavy atom. The first-order chi connectivity index (χ1) is 18.1. The van der Waals surface area contributed by atoms with Crippen LogP contribution in [0.4, 0.5) is 5.69 Å². The molecule has 8 nitrogen and oxygen atoms in total. The molecule has 0 radical (unpaired) electrons. The van der Waals surface area contributed by atoms with Crippen molar-refractivity contribution in [1.29, 1.82) is 0 Å². The number of benzene rings is 3. The van der Waals surface area contributed by atoms with Crippen LogP contribution in [0.25, 0.3) is 11.4 Å². The zero-order valence-electron chi connectivity index (χ0n) is 20.4. The van der Waals surface area contributed by atoms with Crippen molar-refractivity contribution in [1.82, 2.24) is 15.0 Å². The first-order valence-corrected chi connectivity index (χ1v) is 12.5. The number of ether oxygens (including phenoxy) is 2. The molecule has 1 amide bonds. The molecule has 0 saturated carbocycles. The fraction of sp³-hybridized carbons (Fsp3) is 0.250. The second-order valence-corrected chi connectivity index (χ2v) is 9.30. The summed E-state index contributed by atoms with van der Waals surface area (Å²) in [6, 6.07) is 22.1. The van der Waals surface area contributed by atoms with E-state index in [1.54, 1.807) is 25.3 Å². The summed E-state index contributed by atoms with van der Waals surface area (Å²) in [7, 11) is 1.63. The van der Waals surface area contributed by atoms with E-state index in [0.717, 1.165) is 30.7 Å². The fourth-order valence-corrected chi connectivity index (χ4v) is 4.49. The third-order valence-corrected chi connectivity index (χ3v) is 6.46. The molecular weight excluding hydrogens is 492 g/mol. The van der Waals surface area contributed by atoms with E-state index in [0.29, 0.717) is 47.0 Å². The zero-order valence-corrected chi connectivity index (χ0v) is 21.1. The second-order valence-electron chi connectivity index (χ2n) is 8.86. The van der Waals surface area contributed by atoms with Crippen LogP contribution in [0, 0.1) is 5.92 Å². The average Bonchev–Trinajstić information content (AvgIpc) is 3.39.